The second kappa shape index (κ2) is 8.18. The van der Waals surface area contributed by atoms with Gasteiger partial charge in [0.15, 0.2) is 0 Å². The highest BCUT2D eigenvalue weighted by Gasteiger charge is 2.28. The van der Waals surface area contributed by atoms with Crippen LogP contribution in [-0.4, -0.2) is 17.4 Å². The molecule has 0 bridgehead atoms. The van der Waals surface area contributed by atoms with Gasteiger partial charge >= 0.3 is 0 Å². The Hall–Kier alpha value is -0.930. The molecule has 1 aliphatic rings. The second-order valence-electron chi connectivity index (χ2n) is 6.23. The summed E-state index contributed by atoms with van der Waals surface area (Å²) in [6.07, 6.45) is 3.27. The quantitative estimate of drug-likeness (QED) is 0.552. The molecule has 1 amide bonds. The molecule has 2 nitrogen and oxygen atoms in total. The van der Waals surface area contributed by atoms with Crippen LogP contribution in [0, 0.1) is 0 Å². The van der Waals surface area contributed by atoms with Crippen molar-refractivity contribution in [1.82, 2.24) is 4.90 Å². The minimum atomic E-state index is 0.0191. The molecule has 3 rings (SSSR count). The number of carbonyl (C=O) groups is 1. The van der Waals surface area contributed by atoms with Gasteiger partial charge in [-0.3, -0.25) is 4.79 Å². The highest BCUT2D eigenvalue weighted by atomic mass is 35.5. The highest BCUT2D eigenvalue weighted by Crippen LogP contribution is 2.34. The molecule has 0 aromatic heterocycles. The Labute approximate surface area is 167 Å². The van der Waals surface area contributed by atoms with E-state index in [1.165, 1.54) is 0 Å². The van der Waals surface area contributed by atoms with Crippen molar-refractivity contribution in [3.05, 3.63) is 67.6 Å². The Morgan fingerprint density at radius 1 is 0.960 bits per heavy atom. The van der Waals surface area contributed by atoms with Gasteiger partial charge in [-0.2, -0.15) is 0 Å². The Balaban J connectivity index is 1.82. The lowest BCUT2D eigenvalue weighted by molar-refractivity contribution is -0.134. The van der Waals surface area contributed by atoms with Crippen molar-refractivity contribution in [2.24, 2.45) is 0 Å². The summed E-state index contributed by atoms with van der Waals surface area (Å²) in [4.78, 5) is 14.8. The molecule has 25 heavy (non-hydrogen) atoms. The number of likely N-dealkylation sites (tertiary alicyclic amines) is 1. The Morgan fingerprint density at radius 3 is 2.36 bits per heavy atom. The molecule has 132 valence electrons. The Morgan fingerprint density at radius 2 is 1.68 bits per heavy atom. The largest absolute Gasteiger partial charge is 0.335 e. The SMILES string of the molecule is O=C(Cc1cc(Cl)cc(Cl)c1)N1CCCCC1c1ccc(Cl)c(Cl)c1. The van der Waals surface area contributed by atoms with Crippen LogP contribution in [0.15, 0.2) is 36.4 Å². The summed E-state index contributed by atoms with van der Waals surface area (Å²) in [6.45, 7) is 0.734. The molecule has 0 saturated carbocycles. The number of hydrogen-bond acceptors (Lipinski definition) is 1. The smallest absolute Gasteiger partial charge is 0.227 e. The zero-order valence-corrected chi connectivity index (χ0v) is 16.5. The fraction of sp³-hybridized carbons (Fsp3) is 0.316. The van der Waals surface area contributed by atoms with Crippen molar-refractivity contribution in [1.29, 1.82) is 0 Å². The minimum Gasteiger partial charge on any atom is -0.335 e. The predicted octanol–water partition coefficient (Wildman–Crippen LogP) is 6.60. The third-order valence-corrected chi connectivity index (χ3v) is 5.60. The maximum atomic E-state index is 12.9. The summed E-state index contributed by atoms with van der Waals surface area (Å²) in [5.41, 5.74) is 1.84. The number of piperidine rings is 1. The first-order valence-corrected chi connectivity index (χ1v) is 9.64. The highest BCUT2D eigenvalue weighted by molar-refractivity contribution is 6.42. The monoisotopic (exact) mass is 415 g/mol. The number of amides is 1. The molecule has 1 unspecified atom stereocenters. The van der Waals surface area contributed by atoms with Crippen LogP contribution in [0.1, 0.15) is 36.4 Å². The van der Waals surface area contributed by atoms with E-state index < -0.39 is 0 Å². The van der Waals surface area contributed by atoms with Crippen LogP contribution in [0.25, 0.3) is 0 Å². The van der Waals surface area contributed by atoms with Crippen LogP contribution in [0.5, 0.6) is 0 Å². The van der Waals surface area contributed by atoms with E-state index in [0.29, 0.717) is 20.1 Å². The van der Waals surface area contributed by atoms with E-state index >= 15 is 0 Å². The van der Waals surface area contributed by atoms with Gasteiger partial charge in [-0.25, -0.2) is 0 Å². The van der Waals surface area contributed by atoms with Crippen LogP contribution in [0.2, 0.25) is 20.1 Å². The van der Waals surface area contributed by atoms with Gasteiger partial charge in [0, 0.05) is 16.6 Å². The molecular weight excluding hydrogens is 400 g/mol. The van der Waals surface area contributed by atoms with Crippen molar-refractivity contribution in [3.63, 3.8) is 0 Å². The second-order valence-corrected chi connectivity index (χ2v) is 7.91. The molecular formula is C19H17Cl4NO. The van der Waals surface area contributed by atoms with Crippen LogP contribution >= 0.6 is 46.4 Å². The lowest BCUT2D eigenvalue weighted by Crippen LogP contribution is -2.39. The van der Waals surface area contributed by atoms with Gasteiger partial charge in [-0.15, -0.1) is 0 Å². The summed E-state index contributed by atoms with van der Waals surface area (Å²) in [7, 11) is 0. The van der Waals surface area contributed by atoms with Crippen molar-refractivity contribution >= 4 is 52.3 Å². The molecule has 0 N–H and O–H groups in total. The summed E-state index contributed by atoms with van der Waals surface area (Å²) < 4.78 is 0. The number of halogens is 4. The van der Waals surface area contributed by atoms with E-state index in [0.717, 1.165) is 36.9 Å². The molecule has 2 aromatic carbocycles. The first kappa shape index (κ1) is 18.8. The number of rotatable bonds is 3. The molecule has 0 aliphatic carbocycles. The summed E-state index contributed by atoms with van der Waals surface area (Å²) in [5.74, 6) is 0.0640. The molecule has 1 aliphatic heterocycles. The molecule has 0 spiro atoms. The van der Waals surface area contributed by atoms with Crippen LogP contribution in [-0.2, 0) is 11.2 Å². The summed E-state index contributed by atoms with van der Waals surface area (Å²) in [5, 5.41) is 2.11. The van der Waals surface area contributed by atoms with Gasteiger partial charge in [-0.05, 0) is 60.7 Å². The van der Waals surface area contributed by atoms with Crippen molar-refractivity contribution in [2.45, 2.75) is 31.7 Å². The summed E-state index contributed by atoms with van der Waals surface area (Å²) in [6, 6.07) is 10.8. The first-order chi connectivity index (χ1) is 11.9. The Bertz CT molecular complexity index is 773. The molecule has 1 heterocycles. The maximum Gasteiger partial charge on any atom is 0.227 e. The van der Waals surface area contributed by atoms with E-state index in [2.05, 4.69) is 0 Å². The number of hydrogen-bond donors (Lipinski definition) is 0. The maximum absolute atomic E-state index is 12.9. The predicted molar refractivity (Wildman–Crippen MR) is 105 cm³/mol. The normalized spacial score (nSPS) is 17.6. The zero-order valence-electron chi connectivity index (χ0n) is 13.4. The van der Waals surface area contributed by atoms with E-state index in [1.54, 1.807) is 24.3 Å². The van der Waals surface area contributed by atoms with Crippen molar-refractivity contribution in [3.8, 4) is 0 Å². The van der Waals surface area contributed by atoms with Crippen molar-refractivity contribution in [2.75, 3.05) is 6.54 Å². The van der Waals surface area contributed by atoms with E-state index in [4.69, 9.17) is 46.4 Å². The Kier molecular flexibility index (Phi) is 6.17. The number of carbonyl (C=O) groups excluding carboxylic acids is 1. The lowest BCUT2D eigenvalue weighted by atomic mass is 9.94. The first-order valence-electron chi connectivity index (χ1n) is 8.13. The van der Waals surface area contributed by atoms with Gasteiger partial charge in [-0.1, -0.05) is 52.5 Å². The van der Waals surface area contributed by atoms with Gasteiger partial charge in [0.2, 0.25) is 5.91 Å². The zero-order chi connectivity index (χ0) is 18.0. The van der Waals surface area contributed by atoms with Crippen LogP contribution in [0.4, 0.5) is 0 Å². The minimum absolute atomic E-state index is 0.0191. The fourth-order valence-electron chi connectivity index (χ4n) is 3.29. The van der Waals surface area contributed by atoms with E-state index in [1.807, 2.05) is 17.0 Å². The molecule has 1 saturated heterocycles. The standard InChI is InChI=1S/C19H17Cl4NO/c20-14-7-12(8-15(21)11-14)9-19(25)24-6-2-1-3-18(24)13-4-5-16(22)17(23)10-13/h4-5,7-8,10-11,18H,1-3,6,9H2. The summed E-state index contributed by atoms with van der Waals surface area (Å²) >= 11 is 24.3. The van der Waals surface area contributed by atoms with Crippen LogP contribution in [0.3, 0.4) is 0 Å². The van der Waals surface area contributed by atoms with Gasteiger partial charge in [0.1, 0.15) is 0 Å². The van der Waals surface area contributed by atoms with Gasteiger partial charge in [0.05, 0.1) is 22.5 Å². The number of benzene rings is 2. The lowest BCUT2D eigenvalue weighted by Gasteiger charge is -2.36. The molecule has 2 aromatic rings. The van der Waals surface area contributed by atoms with Gasteiger partial charge < -0.3 is 4.90 Å². The fourth-order valence-corrected chi connectivity index (χ4v) is 4.16. The third-order valence-electron chi connectivity index (χ3n) is 4.43. The van der Waals surface area contributed by atoms with E-state index in [-0.39, 0.29) is 18.4 Å². The van der Waals surface area contributed by atoms with Crippen LogP contribution < -0.4 is 0 Å². The van der Waals surface area contributed by atoms with Crippen molar-refractivity contribution < 1.29 is 4.79 Å². The molecule has 6 heteroatoms. The van der Waals surface area contributed by atoms with Gasteiger partial charge in [0.25, 0.3) is 0 Å². The average Bonchev–Trinajstić information content (AvgIpc) is 2.56. The van der Waals surface area contributed by atoms with E-state index in [9.17, 15) is 4.79 Å². The number of nitrogens with zero attached hydrogens (tertiary/aromatic N) is 1. The molecule has 1 fully saturated rings. The topological polar surface area (TPSA) is 20.3 Å². The third kappa shape index (κ3) is 4.62. The molecule has 1 atom stereocenters. The average molecular weight is 417 g/mol. The molecule has 0 radical (unpaired) electrons.